The van der Waals surface area contributed by atoms with Gasteiger partial charge in [0.05, 0.1) is 5.60 Å². The summed E-state index contributed by atoms with van der Waals surface area (Å²) < 4.78 is 36.3. The fourth-order valence-electron chi connectivity index (χ4n) is 2.64. The van der Waals surface area contributed by atoms with Crippen LogP contribution >= 0.6 is 0 Å². The molecule has 1 atom stereocenters. The van der Waals surface area contributed by atoms with Crippen molar-refractivity contribution in [2.24, 2.45) is 0 Å². The van der Waals surface area contributed by atoms with Gasteiger partial charge in [0.25, 0.3) is 0 Å². The minimum absolute atomic E-state index is 0.0355. The zero-order valence-electron chi connectivity index (χ0n) is 11.1. The highest BCUT2D eigenvalue weighted by molar-refractivity contribution is 4.83. The molecule has 1 saturated heterocycles. The molecule has 1 aliphatic rings. The van der Waals surface area contributed by atoms with Crippen molar-refractivity contribution >= 4 is 0 Å². The standard InChI is InChI=1S/C13H24F3NO/c1-2-9-17-10-4-6-12(18,8-11-17)5-3-7-13(14,15)16/h18H,2-11H2,1H3. The number of rotatable bonds is 5. The van der Waals surface area contributed by atoms with Crippen LogP contribution in [0.1, 0.15) is 51.9 Å². The zero-order valence-corrected chi connectivity index (χ0v) is 11.1. The van der Waals surface area contributed by atoms with Crippen molar-refractivity contribution in [3.8, 4) is 0 Å². The van der Waals surface area contributed by atoms with Crippen LogP contribution in [-0.4, -0.2) is 41.4 Å². The van der Waals surface area contributed by atoms with Crippen LogP contribution in [0.15, 0.2) is 0 Å². The molecule has 0 aromatic rings. The number of alkyl halides is 3. The smallest absolute Gasteiger partial charge is 0.389 e. The Bertz CT molecular complexity index is 245. The SMILES string of the molecule is CCCN1CCCC(O)(CCCC(F)(F)F)CC1. The lowest BCUT2D eigenvalue weighted by atomic mass is 9.89. The second kappa shape index (κ2) is 6.75. The Morgan fingerprint density at radius 1 is 1.22 bits per heavy atom. The summed E-state index contributed by atoms with van der Waals surface area (Å²) in [5, 5.41) is 10.3. The molecule has 0 radical (unpaired) electrons. The molecule has 1 aliphatic heterocycles. The second-order valence-electron chi connectivity index (χ2n) is 5.39. The van der Waals surface area contributed by atoms with Crippen LogP contribution in [-0.2, 0) is 0 Å². The number of hydrogen-bond donors (Lipinski definition) is 1. The maximum Gasteiger partial charge on any atom is 0.389 e. The zero-order chi connectivity index (χ0) is 13.6. The number of aliphatic hydroxyl groups is 1. The molecule has 0 spiro atoms. The lowest BCUT2D eigenvalue weighted by Crippen LogP contribution is -2.31. The molecular formula is C13H24F3NO. The maximum atomic E-state index is 12.1. The van der Waals surface area contributed by atoms with E-state index < -0.39 is 18.2 Å². The number of hydrogen-bond acceptors (Lipinski definition) is 2. The van der Waals surface area contributed by atoms with E-state index >= 15 is 0 Å². The van der Waals surface area contributed by atoms with Gasteiger partial charge >= 0.3 is 6.18 Å². The van der Waals surface area contributed by atoms with E-state index in [-0.39, 0.29) is 12.8 Å². The largest absolute Gasteiger partial charge is 0.390 e. The summed E-state index contributed by atoms with van der Waals surface area (Å²) in [7, 11) is 0. The summed E-state index contributed by atoms with van der Waals surface area (Å²) in [6.07, 6.45) is -1.39. The van der Waals surface area contributed by atoms with E-state index in [0.29, 0.717) is 12.8 Å². The lowest BCUT2D eigenvalue weighted by molar-refractivity contribution is -0.138. The molecule has 1 N–H and O–H groups in total. The summed E-state index contributed by atoms with van der Waals surface area (Å²) in [5.74, 6) is 0. The Balaban J connectivity index is 2.34. The third-order valence-corrected chi connectivity index (χ3v) is 3.65. The van der Waals surface area contributed by atoms with Crippen molar-refractivity contribution in [3.63, 3.8) is 0 Å². The molecule has 2 nitrogen and oxygen atoms in total. The molecule has 1 unspecified atom stereocenters. The number of halogens is 3. The highest BCUT2D eigenvalue weighted by Crippen LogP contribution is 2.30. The van der Waals surface area contributed by atoms with Crippen molar-refractivity contribution in [2.75, 3.05) is 19.6 Å². The Morgan fingerprint density at radius 3 is 2.56 bits per heavy atom. The molecule has 1 fully saturated rings. The second-order valence-corrected chi connectivity index (χ2v) is 5.39. The molecule has 5 heteroatoms. The highest BCUT2D eigenvalue weighted by Gasteiger charge is 2.32. The monoisotopic (exact) mass is 267 g/mol. The van der Waals surface area contributed by atoms with Gasteiger partial charge in [-0.3, -0.25) is 0 Å². The van der Waals surface area contributed by atoms with Crippen molar-refractivity contribution in [3.05, 3.63) is 0 Å². The van der Waals surface area contributed by atoms with E-state index in [9.17, 15) is 18.3 Å². The van der Waals surface area contributed by atoms with Crippen molar-refractivity contribution in [2.45, 2.75) is 63.6 Å². The van der Waals surface area contributed by atoms with Gasteiger partial charge in [0.2, 0.25) is 0 Å². The van der Waals surface area contributed by atoms with Gasteiger partial charge in [-0.15, -0.1) is 0 Å². The van der Waals surface area contributed by atoms with Crippen molar-refractivity contribution in [1.82, 2.24) is 4.90 Å². The first-order chi connectivity index (χ1) is 8.35. The fourth-order valence-corrected chi connectivity index (χ4v) is 2.64. The Morgan fingerprint density at radius 2 is 1.94 bits per heavy atom. The molecule has 0 aliphatic carbocycles. The van der Waals surface area contributed by atoms with E-state index in [1.54, 1.807) is 0 Å². The van der Waals surface area contributed by atoms with Crippen molar-refractivity contribution in [1.29, 1.82) is 0 Å². The maximum absolute atomic E-state index is 12.1. The highest BCUT2D eigenvalue weighted by atomic mass is 19.4. The van der Waals surface area contributed by atoms with Crippen LogP contribution in [0, 0.1) is 0 Å². The molecule has 108 valence electrons. The van der Waals surface area contributed by atoms with Gasteiger partial charge in [0.15, 0.2) is 0 Å². The third kappa shape index (κ3) is 6.05. The van der Waals surface area contributed by atoms with Crippen LogP contribution in [0.5, 0.6) is 0 Å². The van der Waals surface area contributed by atoms with E-state index in [1.807, 2.05) is 0 Å². The normalized spacial score (nSPS) is 27.2. The number of likely N-dealkylation sites (tertiary alicyclic amines) is 1. The first-order valence-electron chi connectivity index (χ1n) is 6.86. The van der Waals surface area contributed by atoms with Gasteiger partial charge < -0.3 is 10.0 Å². The molecule has 1 heterocycles. The summed E-state index contributed by atoms with van der Waals surface area (Å²) in [5.41, 5.74) is -0.881. The Labute approximate surface area is 107 Å². The first kappa shape index (κ1) is 15.8. The topological polar surface area (TPSA) is 23.5 Å². The molecule has 0 bridgehead atoms. The third-order valence-electron chi connectivity index (χ3n) is 3.65. The van der Waals surface area contributed by atoms with Gasteiger partial charge in [-0.25, -0.2) is 0 Å². The van der Waals surface area contributed by atoms with Gasteiger partial charge in [0, 0.05) is 13.0 Å². The lowest BCUT2D eigenvalue weighted by Gasteiger charge is -2.27. The van der Waals surface area contributed by atoms with E-state index in [1.165, 1.54) is 0 Å². The quantitative estimate of drug-likeness (QED) is 0.825. The molecule has 0 aromatic heterocycles. The Kier molecular flexibility index (Phi) is 5.92. The van der Waals surface area contributed by atoms with Crippen LogP contribution in [0.2, 0.25) is 0 Å². The summed E-state index contributed by atoms with van der Waals surface area (Å²) >= 11 is 0. The van der Waals surface area contributed by atoms with E-state index in [2.05, 4.69) is 11.8 Å². The fraction of sp³-hybridized carbons (Fsp3) is 1.00. The predicted molar refractivity (Wildman–Crippen MR) is 65.4 cm³/mol. The van der Waals surface area contributed by atoms with Gasteiger partial charge in [-0.05, 0) is 51.6 Å². The molecular weight excluding hydrogens is 243 g/mol. The minimum atomic E-state index is -4.10. The van der Waals surface area contributed by atoms with Gasteiger partial charge in [-0.2, -0.15) is 13.2 Å². The summed E-state index contributed by atoms with van der Waals surface area (Å²) in [6, 6.07) is 0. The first-order valence-corrected chi connectivity index (χ1v) is 6.86. The summed E-state index contributed by atoms with van der Waals surface area (Å²) in [6.45, 7) is 4.88. The average Bonchev–Trinajstić information content (AvgIpc) is 2.40. The molecule has 0 amide bonds. The van der Waals surface area contributed by atoms with Gasteiger partial charge in [0.1, 0.15) is 0 Å². The molecule has 0 saturated carbocycles. The predicted octanol–water partition coefficient (Wildman–Crippen LogP) is 3.35. The molecule has 18 heavy (non-hydrogen) atoms. The van der Waals surface area contributed by atoms with Gasteiger partial charge in [-0.1, -0.05) is 6.92 Å². The van der Waals surface area contributed by atoms with E-state index in [0.717, 1.165) is 32.5 Å². The Hall–Kier alpha value is -0.290. The molecule has 1 rings (SSSR count). The average molecular weight is 267 g/mol. The van der Waals surface area contributed by atoms with Crippen LogP contribution in [0.3, 0.4) is 0 Å². The summed E-state index contributed by atoms with van der Waals surface area (Å²) in [4.78, 5) is 2.29. The van der Waals surface area contributed by atoms with Crippen molar-refractivity contribution < 1.29 is 18.3 Å². The number of nitrogens with zero attached hydrogens (tertiary/aromatic N) is 1. The van der Waals surface area contributed by atoms with Crippen LogP contribution in [0.4, 0.5) is 13.2 Å². The van der Waals surface area contributed by atoms with Crippen LogP contribution < -0.4 is 0 Å². The van der Waals surface area contributed by atoms with E-state index in [4.69, 9.17) is 0 Å². The minimum Gasteiger partial charge on any atom is -0.390 e. The molecule has 0 aromatic carbocycles. The van der Waals surface area contributed by atoms with Crippen LogP contribution in [0.25, 0.3) is 0 Å².